The zero-order valence-electron chi connectivity index (χ0n) is 7.95. The number of aliphatic hydroxyl groups is 1. The van der Waals surface area contributed by atoms with Crippen molar-refractivity contribution < 1.29 is 18.3 Å². The lowest BCUT2D eigenvalue weighted by Gasteiger charge is -2.10. The summed E-state index contributed by atoms with van der Waals surface area (Å²) in [5.41, 5.74) is 0.0227. The fourth-order valence-corrected chi connectivity index (χ4v) is 1.61. The molecule has 1 aromatic heterocycles. The van der Waals surface area contributed by atoms with Gasteiger partial charge in [0.2, 0.25) is 0 Å². The fraction of sp³-hybridized carbons (Fsp3) is 0.0909. The average Bonchev–Trinajstić information content (AvgIpc) is 2.67. The van der Waals surface area contributed by atoms with Crippen LogP contribution in [0.15, 0.2) is 34.9 Å². The van der Waals surface area contributed by atoms with Gasteiger partial charge in [-0.25, -0.2) is 8.78 Å². The molecule has 2 aromatic rings. The van der Waals surface area contributed by atoms with Gasteiger partial charge in [-0.2, -0.15) is 0 Å². The summed E-state index contributed by atoms with van der Waals surface area (Å²) in [5, 5.41) is 9.77. The molecule has 0 amide bonds. The zero-order chi connectivity index (χ0) is 11.7. The SMILES string of the molecule is OC(c1cc(F)ccc1F)c1ccoc1Cl. The second-order valence-electron chi connectivity index (χ2n) is 3.22. The van der Waals surface area contributed by atoms with Crippen LogP contribution in [0, 0.1) is 11.6 Å². The minimum absolute atomic E-state index is 0.0452. The Hall–Kier alpha value is -1.39. The van der Waals surface area contributed by atoms with Crippen LogP contribution in [0.1, 0.15) is 17.2 Å². The van der Waals surface area contributed by atoms with E-state index in [0.717, 1.165) is 18.2 Å². The van der Waals surface area contributed by atoms with Gasteiger partial charge in [-0.15, -0.1) is 0 Å². The molecule has 1 unspecified atom stereocenters. The Morgan fingerprint density at radius 3 is 2.56 bits per heavy atom. The summed E-state index contributed by atoms with van der Waals surface area (Å²) < 4.78 is 31.0. The minimum Gasteiger partial charge on any atom is -0.453 e. The Morgan fingerprint density at radius 2 is 1.94 bits per heavy atom. The largest absolute Gasteiger partial charge is 0.453 e. The van der Waals surface area contributed by atoms with E-state index < -0.39 is 17.7 Å². The number of halogens is 3. The Labute approximate surface area is 95.1 Å². The number of rotatable bonds is 2. The van der Waals surface area contributed by atoms with Crippen molar-refractivity contribution in [3.05, 3.63) is 58.5 Å². The lowest BCUT2D eigenvalue weighted by atomic mass is 10.0. The second kappa shape index (κ2) is 4.23. The second-order valence-corrected chi connectivity index (χ2v) is 3.56. The summed E-state index contributed by atoms with van der Waals surface area (Å²) in [7, 11) is 0. The smallest absolute Gasteiger partial charge is 0.199 e. The molecule has 0 radical (unpaired) electrons. The Morgan fingerprint density at radius 1 is 1.19 bits per heavy atom. The van der Waals surface area contributed by atoms with E-state index in [9.17, 15) is 13.9 Å². The van der Waals surface area contributed by atoms with Gasteiger partial charge in [-0.1, -0.05) is 0 Å². The van der Waals surface area contributed by atoms with Crippen molar-refractivity contribution in [2.45, 2.75) is 6.10 Å². The van der Waals surface area contributed by atoms with Crippen LogP contribution in [0.2, 0.25) is 5.22 Å². The maximum Gasteiger partial charge on any atom is 0.199 e. The molecule has 0 aliphatic rings. The summed E-state index contributed by atoms with van der Waals surface area (Å²) >= 11 is 5.63. The van der Waals surface area contributed by atoms with Gasteiger partial charge >= 0.3 is 0 Å². The molecule has 0 saturated heterocycles. The molecule has 1 aromatic carbocycles. The van der Waals surface area contributed by atoms with Gasteiger partial charge in [-0.3, -0.25) is 0 Å². The molecule has 5 heteroatoms. The van der Waals surface area contributed by atoms with Crippen LogP contribution >= 0.6 is 11.6 Å². The molecule has 1 atom stereocenters. The lowest BCUT2D eigenvalue weighted by Crippen LogP contribution is -2.02. The summed E-state index contributed by atoms with van der Waals surface area (Å²) in [6.45, 7) is 0. The van der Waals surface area contributed by atoms with E-state index in [4.69, 9.17) is 16.0 Å². The van der Waals surface area contributed by atoms with Crippen LogP contribution in [-0.4, -0.2) is 5.11 Å². The molecule has 0 fully saturated rings. The predicted molar refractivity (Wildman–Crippen MR) is 54.1 cm³/mol. The monoisotopic (exact) mass is 244 g/mol. The molecule has 1 N–H and O–H groups in total. The average molecular weight is 245 g/mol. The molecule has 0 aliphatic heterocycles. The third-order valence-electron chi connectivity index (χ3n) is 2.19. The van der Waals surface area contributed by atoms with Crippen LogP contribution in [0.3, 0.4) is 0 Å². The van der Waals surface area contributed by atoms with Gasteiger partial charge in [0, 0.05) is 11.1 Å². The van der Waals surface area contributed by atoms with Crippen LogP contribution in [-0.2, 0) is 0 Å². The Kier molecular flexibility index (Phi) is 2.94. The lowest BCUT2D eigenvalue weighted by molar-refractivity contribution is 0.213. The highest BCUT2D eigenvalue weighted by Gasteiger charge is 2.20. The van der Waals surface area contributed by atoms with Crippen LogP contribution in [0.4, 0.5) is 8.78 Å². The van der Waals surface area contributed by atoms with E-state index in [1.54, 1.807) is 0 Å². The van der Waals surface area contributed by atoms with E-state index >= 15 is 0 Å². The van der Waals surface area contributed by atoms with Gasteiger partial charge in [0.25, 0.3) is 0 Å². The maximum absolute atomic E-state index is 13.3. The first-order valence-electron chi connectivity index (χ1n) is 4.45. The van der Waals surface area contributed by atoms with Gasteiger partial charge in [-0.05, 0) is 35.9 Å². The zero-order valence-corrected chi connectivity index (χ0v) is 8.71. The van der Waals surface area contributed by atoms with Crippen LogP contribution < -0.4 is 0 Å². The normalized spacial score (nSPS) is 12.8. The van der Waals surface area contributed by atoms with E-state index in [2.05, 4.69) is 0 Å². The first-order chi connectivity index (χ1) is 7.59. The summed E-state index contributed by atoms with van der Waals surface area (Å²) in [5.74, 6) is -1.33. The molecule has 0 bridgehead atoms. The van der Waals surface area contributed by atoms with Crippen molar-refractivity contribution >= 4 is 11.6 Å². The van der Waals surface area contributed by atoms with E-state index in [0.29, 0.717) is 0 Å². The molecule has 16 heavy (non-hydrogen) atoms. The van der Waals surface area contributed by atoms with Crippen molar-refractivity contribution in [3.63, 3.8) is 0 Å². The molecular formula is C11H7ClF2O2. The highest BCUT2D eigenvalue weighted by Crippen LogP contribution is 2.30. The molecule has 84 valence electrons. The Balaban J connectivity index is 2.45. The van der Waals surface area contributed by atoms with Gasteiger partial charge in [0.05, 0.1) is 6.26 Å². The topological polar surface area (TPSA) is 33.4 Å². The van der Waals surface area contributed by atoms with E-state index in [-0.39, 0.29) is 16.3 Å². The van der Waals surface area contributed by atoms with Gasteiger partial charge < -0.3 is 9.52 Å². The van der Waals surface area contributed by atoms with Crippen molar-refractivity contribution in [1.29, 1.82) is 0 Å². The molecular weight excluding hydrogens is 238 g/mol. The third kappa shape index (κ3) is 1.94. The number of benzene rings is 1. The van der Waals surface area contributed by atoms with Crippen LogP contribution in [0.5, 0.6) is 0 Å². The van der Waals surface area contributed by atoms with Crippen molar-refractivity contribution in [3.8, 4) is 0 Å². The summed E-state index contributed by atoms with van der Waals surface area (Å²) in [6.07, 6.45) is -0.0834. The highest BCUT2D eigenvalue weighted by molar-refractivity contribution is 6.29. The quantitative estimate of drug-likeness (QED) is 0.879. The summed E-state index contributed by atoms with van der Waals surface area (Å²) in [6, 6.07) is 4.24. The Bertz CT molecular complexity index is 510. The van der Waals surface area contributed by atoms with Gasteiger partial charge in [0.15, 0.2) is 5.22 Å². The number of hydrogen-bond acceptors (Lipinski definition) is 2. The number of furan rings is 1. The first-order valence-corrected chi connectivity index (χ1v) is 4.83. The van der Waals surface area contributed by atoms with Crippen molar-refractivity contribution in [1.82, 2.24) is 0 Å². The van der Waals surface area contributed by atoms with Crippen molar-refractivity contribution in [2.75, 3.05) is 0 Å². The molecule has 0 spiro atoms. The van der Waals surface area contributed by atoms with Crippen LogP contribution in [0.25, 0.3) is 0 Å². The van der Waals surface area contributed by atoms with Gasteiger partial charge in [0.1, 0.15) is 17.7 Å². The highest BCUT2D eigenvalue weighted by atomic mass is 35.5. The predicted octanol–water partition coefficient (Wildman–Crippen LogP) is 3.29. The third-order valence-corrected chi connectivity index (χ3v) is 2.50. The molecule has 0 saturated carbocycles. The van der Waals surface area contributed by atoms with Crippen molar-refractivity contribution in [2.24, 2.45) is 0 Å². The molecule has 2 nitrogen and oxygen atoms in total. The summed E-state index contributed by atoms with van der Waals surface area (Å²) in [4.78, 5) is 0. The van der Waals surface area contributed by atoms with E-state index in [1.807, 2.05) is 0 Å². The molecule has 2 rings (SSSR count). The van der Waals surface area contributed by atoms with E-state index in [1.165, 1.54) is 12.3 Å². The minimum atomic E-state index is -1.35. The first kappa shape index (κ1) is 11.1. The number of aliphatic hydroxyl groups excluding tert-OH is 1. The fourth-order valence-electron chi connectivity index (χ4n) is 1.39. The molecule has 0 aliphatic carbocycles. The maximum atomic E-state index is 13.3. The molecule has 1 heterocycles. The number of hydrogen-bond donors (Lipinski definition) is 1. The standard InChI is InChI=1S/C11H7ClF2O2/c12-11-7(3-4-16-11)10(15)8-5-6(13)1-2-9(8)14/h1-5,10,15H.